The van der Waals surface area contributed by atoms with E-state index >= 15 is 0 Å². The van der Waals surface area contributed by atoms with Crippen LogP contribution in [0.2, 0.25) is 5.15 Å². The van der Waals surface area contributed by atoms with Gasteiger partial charge in [0.1, 0.15) is 11.0 Å². The van der Waals surface area contributed by atoms with Crippen LogP contribution in [-0.2, 0) is 6.54 Å². The lowest BCUT2D eigenvalue weighted by atomic mass is 10.1. The van der Waals surface area contributed by atoms with Crippen molar-refractivity contribution in [1.82, 2.24) is 14.9 Å². The van der Waals surface area contributed by atoms with E-state index in [1.165, 1.54) is 6.42 Å². The molecule has 1 aromatic rings. The molecule has 0 bridgehead atoms. The van der Waals surface area contributed by atoms with Gasteiger partial charge in [-0.1, -0.05) is 11.6 Å². The van der Waals surface area contributed by atoms with Crippen LogP contribution in [0.25, 0.3) is 0 Å². The Labute approximate surface area is 83.1 Å². The molecular formula is C9H14ClN3. The van der Waals surface area contributed by atoms with Crippen molar-refractivity contribution in [2.75, 3.05) is 13.1 Å². The first-order valence-corrected chi connectivity index (χ1v) is 5.12. The number of imidazole rings is 1. The van der Waals surface area contributed by atoms with E-state index in [1.807, 2.05) is 0 Å². The van der Waals surface area contributed by atoms with Gasteiger partial charge in [0.15, 0.2) is 0 Å². The average Bonchev–Trinajstić information content (AvgIpc) is 2.71. The zero-order chi connectivity index (χ0) is 9.26. The van der Waals surface area contributed by atoms with Crippen molar-refractivity contribution >= 4 is 11.6 Å². The second-order valence-corrected chi connectivity index (χ2v) is 3.76. The molecule has 1 aromatic heterocycles. The summed E-state index contributed by atoms with van der Waals surface area (Å²) in [5, 5.41) is 4.09. The van der Waals surface area contributed by atoms with E-state index in [0.29, 0.717) is 5.92 Å². The molecule has 72 valence electrons. The SMILES string of the molecule is CCn1c(Cl)cnc1C1CCNC1. The van der Waals surface area contributed by atoms with Crippen LogP contribution < -0.4 is 5.32 Å². The number of hydrogen-bond donors (Lipinski definition) is 1. The zero-order valence-corrected chi connectivity index (χ0v) is 8.51. The van der Waals surface area contributed by atoms with Crippen molar-refractivity contribution < 1.29 is 0 Å². The average molecular weight is 200 g/mol. The van der Waals surface area contributed by atoms with E-state index in [2.05, 4.69) is 21.8 Å². The second kappa shape index (κ2) is 3.68. The summed E-state index contributed by atoms with van der Waals surface area (Å²) in [5.74, 6) is 1.69. The summed E-state index contributed by atoms with van der Waals surface area (Å²) in [6, 6.07) is 0. The molecule has 1 aliphatic heterocycles. The van der Waals surface area contributed by atoms with Crippen LogP contribution in [0.3, 0.4) is 0 Å². The van der Waals surface area contributed by atoms with Gasteiger partial charge >= 0.3 is 0 Å². The Morgan fingerprint density at radius 2 is 2.62 bits per heavy atom. The Morgan fingerprint density at radius 1 is 1.77 bits per heavy atom. The molecule has 1 aliphatic rings. The van der Waals surface area contributed by atoms with Crippen LogP contribution in [-0.4, -0.2) is 22.6 Å². The molecule has 0 spiro atoms. The summed E-state index contributed by atoms with van der Waals surface area (Å²) in [6.45, 7) is 5.14. The number of halogens is 1. The van der Waals surface area contributed by atoms with Gasteiger partial charge in [0, 0.05) is 19.0 Å². The van der Waals surface area contributed by atoms with Crippen LogP contribution in [0, 0.1) is 0 Å². The molecule has 0 aromatic carbocycles. The highest BCUT2D eigenvalue weighted by molar-refractivity contribution is 6.29. The summed E-state index contributed by atoms with van der Waals surface area (Å²) < 4.78 is 2.08. The van der Waals surface area contributed by atoms with Crippen molar-refractivity contribution in [3.05, 3.63) is 17.2 Å². The molecule has 0 radical (unpaired) electrons. The maximum absolute atomic E-state index is 6.00. The smallest absolute Gasteiger partial charge is 0.128 e. The minimum Gasteiger partial charge on any atom is -0.319 e. The molecule has 0 aliphatic carbocycles. The van der Waals surface area contributed by atoms with E-state index in [0.717, 1.165) is 30.6 Å². The minimum absolute atomic E-state index is 0.549. The number of nitrogens with one attached hydrogen (secondary N) is 1. The molecule has 0 saturated carbocycles. The van der Waals surface area contributed by atoms with E-state index < -0.39 is 0 Å². The molecule has 13 heavy (non-hydrogen) atoms. The summed E-state index contributed by atoms with van der Waals surface area (Å²) in [6.07, 6.45) is 2.92. The topological polar surface area (TPSA) is 29.9 Å². The standard InChI is InChI=1S/C9H14ClN3/c1-2-13-8(10)6-12-9(13)7-3-4-11-5-7/h6-7,11H,2-5H2,1H3. The third kappa shape index (κ3) is 1.58. The van der Waals surface area contributed by atoms with E-state index in [1.54, 1.807) is 6.20 Å². The summed E-state index contributed by atoms with van der Waals surface area (Å²) in [4.78, 5) is 4.36. The van der Waals surface area contributed by atoms with Crippen molar-refractivity contribution in [2.24, 2.45) is 0 Å². The highest BCUT2D eigenvalue weighted by Gasteiger charge is 2.21. The lowest BCUT2D eigenvalue weighted by Gasteiger charge is -2.10. The van der Waals surface area contributed by atoms with Gasteiger partial charge in [0.25, 0.3) is 0 Å². The van der Waals surface area contributed by atoms with Crippen LogP contribution in [0.5, 0.6) is 0 Å². The summed E-state index contributed by atoms with van der Waals surface area (Å²) in [5.41, 5.74) is 0. The number of hydrogen-bond acceptors (Lipinski definition) is 2. The predicted octanol–water partition coefficient (Wildman–Crippen LogP) is 1.63. The first-order chi connectivity index (χ1) is 6.33. The molecule has 2 heterocycles. The quantitative estimate of drug-likeness (QED) is 0.785. The number of rotatable bonds is 2. The second-order valence-electron chi connectivity index (χ2n) is 3.37. The molecule has 1 saturated heterocycles. The predicted molar refractivity (Wildman–Crippen MR) is 53.1 cm³/mol. The first-order valence-electron chi connectivity index (χ1n) is 4.74. The maximum Gasteiger partial charge on any atom is 0.128 e. The lowest BCUT2D eigenvalue weighted by Crippen LogP contribution is -2.12. The fraction of sp³-hybridized carbons (Fsp3) is 0.667. The third-order valence-corrected chi connectivity index (χ3v) is 2.88. The Morgan fingerprint density at radius 3 is 3.23 bits per heavy atom. The zero-order valence-electron chi connectivity index (χ0n) is 7.76. The van der Waals surface area contributed by atoms with Gasteiger partial charge in [-0.05, 0) is 19.9 Å². The maximum atomic E-state index is 6.00. The fourth-order valence-corrected chi connectivity index (χ4v) is 2.14. The van der Waals surface area contributed by atoms with Crippen molar-refractivity contribution in [1.29, 1.82) is 0 Å². The minimum atomic E-state index is 0.549. The molecule has 4 heteroatoms. The molecule has 1 fully saturated rings. The van der Waals surface area contributed by atoms with Gasteiger partial charge in [-0.25, -0.2) is 4.98 Å². The largest absolute Gasteiger partial charge is 0.319 e. The Kier molecular flexibility index (Phi) is 2.56. The first kappa shape index (κ1) is 9.03. The number of aromatic nitrogens is 2. The van der Waals surface area contributed by atoms with Crippen molar-refractivity contribution in [2.45, 2.75) is 25.8 Å². The molecule has 0 amide bonds. The summed E-state index contributed by atoms with van der Waals surface area (Å²) >= 11 is 6.00. The summed E-state index contributed by atoms with van der Waals surface area (Å²) in [7, 11) is 0. The molecule has 1 atom stereocenters. The van der Waals surface area contributed by atoms with Gasteiger partial charge in [-0.15, -0.1) is 0 Å². The van der Waals surface area contributed by atoms with Crippen LogP contribution >= 0.6 is 11.6 Å². The lowest BCUT2D eigenvalue weighted by molar-refractivity contribution is 0.621. The van der Waals surface area contributed by atoms with Crippen LogP contribution in [0.4, 0.5) is 0 Å². The third-order valence-electron chi connectivity index (χ3n) is 2.58. The highest BCUT2D eigenvalue weighted by atomic mass is 35.5. The van der Waals surface area contributed by atoms with Crippen molar-refractivity contribution in [3.63, 3.8) is 0 Å². The van der Waals surface area contributed by atoms with Crippen LogP contribution in [0.1, 0.15) is 25.1 Å². The monoisotopic (exact) mass is 199 g/mol. The Hall–Kier alpha value is -0.540. The molecular weight excluding hydrogens is 186 g/mol. The molecule has 3 nitrogen and oxygen atoms in total. The van der Waals surface area contributed by atoms with Gasteiger partial charge in [0.05, 0.1) is 6.20 Å². The normalized spacial score (nSPS) is 22.5. The van der Waals surface area contributed by atoms with Crippen LogP contribution in [0.15, 0.2) is 6.20 Å². The molecule has 1 unspecified atom stereocenters. The van der Waals surface area contributed by atoms with E-state index in [9.17, 15) is 0 Å². The number of nitrogens with zero attached hydrogens (tertiary/aromatic N) is 2. The molecule has 1 N–H and O–H groups in total. The Balaban J connectivity index is 2.27. The Bertz CT molecular complexity index is 289. The fourth-order valence-electron chi connectivity index (χ4n) is 1.88. The van der Waals surface area contributed by atoms with Gasteiger partial charge < -0.3 is 9.88 Å². The van der Waals surface area contributed by atoms with Gasteiger partial charge in [0.2, 0.25) is 0 Å². The van der Waals surface area contributed by atoms with E-state index in [4.69, 9.17) is 11.6 Å². The highest BCUT2D eigenvalue weighted by Crippen LogP contribution is 2.23. The molecule has 2 rings (SSSR count). The van der Waals surface area contributed by atoms with Gasteiger partial charge in [-0.2, -0.15) is 0 Å². The van der Waals surface area contributed by atoms with E-state index in [-0.39, 0.29) is 0 Å². The van der Waals surface area contributed by atoms with Crippen molar-refractivity contribution in [3.8, 4) is 0 Å². The van der Waals surface area contributed by atoms with Gasteiger partial charge in [-0.3, -0.25) is 0 Å².